The van der Waals surface area contributed by atoms with Gasteiger partial charge in [-0.2, -0.15) is 4.68 Å². The molecule has 1 amide bonds. The van der Waals surface area contributed by atoms with E-state index in [4.69, 9.17) is 11.6 Å². The molecule has 3 aromatic rings. The number of carbonyl (C=O) groups is 1. The number of fused-ring (bicyclic) bond motifs is 1. The second-order valence-electron chi connectivity index (χ2n) is 6.74. The lowest BCUT2D eigenvalue weighted by atomic mass is 9.89. The Bertz CT molecular complexity index is 1030. The van der Waals surface area contributed by atoms with Gasteiger partial charge in [0, 0.05) is 34.1 Å². The molecule has 1 unspecified atom stereocenters. The van der Waals surface area contributed by atoms with Crippen LogP contribution in [0, 0.1) is 0 Å². The minimum absolute atomic E-state index is 0.0511. The molecular weight excluding hydrogens is 372 g/mol. The van der Waals surface area contributed by atoms with Gasteiger partial charge in [-0.15, -0.1) is 5.10 Å². The van der Waals surface area contributed by atoms with Crippen LogP contribution in [0.3, 0.4) is 0 Å². The maximum atomic E-state index is 12.7. The van der Waals surface area contributed by atoms with Crippen molar-refractivity contribution in [1.29, 1.82) is 0 Å². The fraction of sp³-hybridized carbons (Fsp3) is 0.182. The Kier molecular flexibility index (Phi) is 5.17. The number of nitrogens with zero attached hydrogens (tertiary/aromatic N) is 2. The molecule has 142 valence electrons. The third-order valence-electron chi connectivity index (χ3n) is 4.72. The van der Waals surface area contributed by atoms with Crippen molar-refractivity contribution in [3.05, 3.63) is 88.7 Å². The first-order chi connectivity index (χ1) is 13.7. The molecule has 0 bridgehead atoms. The number of aromatic nitrogens is 2. The molecule has 1 aromatic heterocycles. The second-order valence-corrected chi connectivity index (χ2v) is 7.15. The van der Waals surface area contributed by atoms with Gasteiger partial charge in [-0.05, 0) is 30.2 Å². The summed E-state index contributed by atoms with van der Waals surface area (Å²) < 4.78 is 1.34. The molecule has 0 radical (unpaired) electrons. The number of carbonyl (C=O) groups excluding carboxylic acids is 1. The predicted molar refractivity (Wildman–Crippen MR) is 113 cm³/mol. The number of nitrogens with one attached hydrogen (secondary N) is 2. The normalized spacial score (nSPS) is 15.4. The highest BCUT2D eigenvalue weighted by Gasteiger charge is 2.27. The third-order valence-corrected chi connectivity index (χ3v) is 5.06. The van der Waals surface area contributed by atoms with Gasteiger partial charge in [-0.25, -0.2) is 4.79 Å². The Morgan fingerprint density at radius 1 is 1.14 bits per heavy atom. The summed E-state index contributed by atoms with van der Waals surface area (Å²) in [4.78, 5) is 12.7. The molecule has 5 nitrogen and oxygen atoms in total. The number of hydrogen-bond donors (Lipinski definition) is 2. The van der Waals surface area contributed by atoms with E-state index in [1.54, 1.807) is 6.20 Å². The Hall–Kier alpha value is -3.05. The van der Waals surface area contributed by atoms with Crippen LogP contribution in [-0.2, 0) is 0 Å². The summed E-state index contributed by atoms with van der Waals surface area (Å²) in [5, 5.41) is 11.4. The SMILES string of the molecule is CCCC1=CC(c2ccccc2Cl)c2cn(C(=O)Nc3ccccc3)nc2N1. The van der Waals surface area contributed by atoms with Crippen LogP contribution in [0.4, 0.5) is 16.3 Å². The van der Waals surface area contributed by atoms with E-state index in [1.165, 1.54) is 4.68 Å². The smallest absolute Gasteiger partial charge is 0.342 e. The van der Waals surface area contributed by atoms with Gasteiger partial charge in [0.2, 0.25) is 0 Å². The van der Waals surface area contributed by atoms with E-state index in [9.17, 15) is 4.79 Å². The minimum Gasteiger partial charge on any atom is -0.342 e. The summed E-state index contributed by atoms with van der Waals surface area (Å²) in [5.74, 6) is 0.642. The van der Waals surface area contributed by atoms with E-state index in [1.807, 2.05) is 54.6 Å². The lowest BCUT2D eigenvalue weighted by Crippen LogP contribution is -2.20. The second kappa shape index (κ2) is 7.90. The van der Waals surface area contributed by atoms with Gasteiger partial charge in [-0.3, -0.25) is 0 Å². The summed E-state index contributed by atoms with van der Waals surface area (Å²) in [5.41, 5.74) is 3.75. The lowest BCUT2D eigenvalue weighted by molar-refractivity contribution is 0.251. The van der Waals surface area contributed by atoms with Crippen molar-refractivity contribution < 1.29 is 4.79 Å². The maximum Gasteiger partial charge on any atom is 0.346 e. The molecule has 2 heterocycles. The molecule has 0 fully saturated rings. The molecule has 1 atom stereocenters. The zero-order valence-corrected chi connectivity index (χ0v) is 16.3. The highest BCUT2D eigenvalue weighted by molar-refractivity contribution is 6.31. The molecule has 6 heteroatoms. The van der Waals surface area contributed by atoms with E-state index >= 15 is 0 Å². The molecule has 0 aliphatic carbocycles. The quantitative estimate of drug-likeness (QED) is 0.584. The van der Waals surface area contributed by atoms with E-state index in [0.29, 0.717) is 10.8 Å². The average Bonchev–Trinajstić information content (AvgIpc) is 3.13. The predicted octanol–water partition coefficient (Wildman–Crippen LogP) is 5.86. The average molecular weight is 393 g/mol. The van der Waals surface area contributed by atoms with Crippen LogP contribution in [0.2, 0.25) is 5.02 Å². The Balaban J connectivity index is 1.69. The monoisotopic (exact) mass is 392 g/mol. The van der Waals surface area contributed by atoms with Crippen molar-refractivity contribution in [2.24, 2.45) is 0 Å². The van der Waals surface area contributed by atoms with Crippen LogP contribution in [0.1, 0.15) is 36.8 Å². The number of halogens is 1. The Morgan fingerprint density at radius 3 is 2.64 bits per heavy atom. The third kappa shape index (κ3) is 3.66. The Labute approximate surface area is 169 Å². The summed E-state index contributed by atoms with van der Waals surface area (Å²) >= 11 is 6.47. The fourth-order valence-corrected chi connectivity index (χ4v) is 3.66. The molecule has 2 aromatic carbocycles. The highest BCUT2D eigenvalue weighted by Crippen LogP contribution is 2.39. The van der Waals surface area contributed by atoms with E-state index in [-0.39, 0.29) is 11.9 Å². The number of rotatable bonds is 4. The zero-order chi connectivity index (χ0) is 19.5. The molecule has 0 saturated carbocycles. The van der Waals surface area contributed by atoms with Crippen molar-refractivity contribution in [2.75, 3.05) is 10.6 Å². The number of allylic oxidation sites excluding steroid dienone is 2. The van der Waals surface area contributed by atoms with Crippen LogP contribution in [0.5, 0.6) is 0 Å². The van der Waals surface area contributed by atoms with Crippen molar-refractivity contribution in [1.82, 2.24) is 9.78 Å². The standard InChI is InChI=1S/C22H21ClN4O/c1-2-8-16-13-18(17-11-6-7-12-20(17)23)19-14-27(26-21(19)24-16)22(28)25-15-9-4-3-5-10-15/h3-7,9-14,18H,2,8H2,1H3,(H,24,26)(H,25,28). The van der Waals surface area contributed by atoms with Gasteiger partial charge >= 0.3 is 6.03 Å². The van der Waals surface area contributed by atoms with Crippen molar-refractivity contribution >= 4 is 29.1 Å². The van der Waals surface area contributed by atoms with Gasteiger partial charge in [0.15, 0.2) is 5.82 Å². The van der Waals surface area contributed by atoms with E-state index in [2.05, 4.69) is 28.7 Å². The van der Waals surface area contributed by atoms with Gasteiger partial charge in [0.05, 0.1) is 0 Å². The van der Waals surface area contributed by atoms with Gasteiger partial charge in [0.25, 0.3) is 0 Å². The largest absolute Gasteiger partial charge is 0.346 e. The molecule has 0 saturated heterocycles. The van der Waals surface area contributed by atoms with E-state index < -0.39 is 0 Å². The maximum absolute atomic E-state index is 12.7. The summed E-state index contributed by atoms with van der Waals surface area (Å²) in [7, 11) is 0. The van der Waals surface area contributed by atoms with Gasteiger partial charge in [-0.1, -0.05) is 67.4 Å². The van der Waals surface area contributed by atoms with Crippen LogP contribution < -0.4 is 10.6 Å². The van der Waals surface area contributed by atoms with Crippen LogP contribution in [0.25, 0.3) is 0 Å². The highest BCUT2D eigenvalue weighted by atomic mass is 35.5. The number of para-hydroxylation sites is 1. The van der Waals surface area contributed by atoms with E-state index in [0.717, 1.165) is 35.4 Å². The number of benzene rings is 2. The molecule has 28 heavy (non-hydrogen) atoms. The Morgan fingerprint density at radius 2 is 1.89 bits per heavy atom. The molecule has 2 N–H and O–H groups in total. The molecule has 0 spiro atoms. The topological polar surface area (TPSA) is 59.0 Å². The lowest BCUT2D eigenvalue weighted by Gasteiger charge is -2.23. The van der Waals surface area contributed by atoms with Gasteiger partial charge in [0.1, 0.15) is 0 Å². The molecule has 1 aliphatic rings. The summed E-state index contributed by atoms with van der Waals surface area (Å²) in [6.07, 6.45) is 5.87. The van der Waals surface area contributed by atoms with Gasteiger partial charge < -0.3 is 10.6 Å². The van der Waals surface area contributed by atoms with Crippen molar-refractivity contribution in [3.8, 4) is 0 Å². The van der Waals surface area contributed by atoms with Crippen molar-refractivity contribution in [2.45, 2.75) is 25.7 Å². The number of amides is 1. The fourth-order valence-electron chi connectivity index (χ4n) is 3.40. The first-order valence-corrected chi connectivity index (χ1v) is 9.71. The first kappa shape index (κ1) is 18.3. The van der Waals surface area contributed by atoms with Crippen LogP contribution >= 0.6 is 11.6 Å². The number of anilines is 2. The molecule has 1 aliphatic heterocycles. The number of hydrogen-bond acceptors (Lipinski definition) is 3. The van der Waals surface area contributed by atoms with Crippen molar-refractivity contribution in [3.63, 3.8) is 0 Å². The summed E-state index contributed by atoms with van der Waals surface area (Å²) in [6.45, 7) is 2.13. The molecular formula is C22H21ClN4O. The molecule has 4 rings (SSSR count). The van der Waals surface area contributed by atoms with Crippen LogP contribution in [-0.4, -0.2) is 15.8 Å². The zero-order valence-electron chi connectivity index (χ0n) is 15.5. The first-order valence-electron chi connectivity index (χ1n) is 9.34. The summed E-state index contributed by atoms with van der Waals surface area (Å²) in [6, 6.07) is 16.8. The van der Waals surface area contributed by atoms with Crippen LogP contribution in [0.15, 0.2) is 72.6 Å². The minimum atomic E-state index is -0.308.